The normalized spacial score (nSPS) is 27.8. The quantitative estimate of drug-likeness (QED) is 0.542. The Morgan fingerprint density at radius 3 is 3.00 bits per heavy atom. The van der Waals surface area contributed by atoms with Crippen molar-refractivity contribution < 1.29 is 0 Å². The van der Waals surface area contributed by atoms with E-state index in [0.29, 0.717) is 0 Å². The predicted octanol–water partition coefficient (Wildman–Crippen LogP) is 3.20. The smallest absolute Gasteiger partial charge is 0.00913 e. The first-order chi connectivity index (χ1) is 4.33. The van der Waals surface area contributed by atoms with Crippen LogP contribution >= 0.6 is 11.8 Å². The average molecular weight is 142 g/mol. The van der Waals surface area contributed by atoms with Crippen LogP contribution in [0.1, 0.15) is 33.1 Å². The molecule has 1 heteroatoms. The van der Waals surface area contributed by atoms with Gasteiger partial charge < -0.3 is 0 Å². The highest BCUT2D eigenvalue weighted by atomic mass is 32.2. The number of hydrogen-bond acceptors (Lipinski definition) is 1. The molecule has 1 atom stereocenters. The van der Waals surface area contributed by atoms with Crippen molar-refractivity contribution in [1.29, 1.82) is 0 Å². The summed E-state index contributed by atoms with van der Waals surface area (Å²) in [6, 6.07) is 0. The van der Waals surface area contributed by atoms with Gasteiger partial charge in [0.25, 0.3) is 0 Å². The van der Waals surface area contributed by atoms with Crippen molar-refractivity contribution in [2.45, 2.75) is 38.4 Å². The maximum Gasteiger partial charge on any atom is 0.00913 e. The molecule has 9 heavy (non-hydrogen) atoms. The van der Waals surface area contributed by atoms with E-state index in [2.05, 4.69) is 19.9 Å². The maximum absolute atomic E-state index is 2.34. The second-order valence-electron chi connectivity index (χ2n) is 2.54. The lowest BCUT2D eigenvalue weighted by Crippen LogP contribution is -2.03. The van der Waals surface area contributed by atoms with E-state index >= 15 is 0 Å². The van der Waals surface area contributed by atoms with Gasteiger partial charge in [-0.05, 0) is 31.1 Å². The number of allylic oxidation sites excluding steroid dienone is 2. The van der Waals surface area contributed by atoms with Gasteiger partial charge >= 0.3 is 0 Å². The fraction of sp³-hybridized carbons (Fsp3) is 0.750. The minimum absolute atomic E-state index is 0.912. The maximum atomic E-state index is 2.34. The van der Waals surface area contributed by atoms with E-state index in [4.69, 9.17) is 0 Å². The first-order valence-corrected chi connectivity index (χ1v) is 4.54. The minimum Gasteiger partial charge on any atom is -0.128 e. The Morgan fingerprint density at radius 2 is 2.56 bits per heavy atom. The largest absolute Gasteiger partial charge is 0.128 e. The molecule has 0 amide bonds. The molecular weight excluding hydrogens is 128 g/mol. The molecule has 0 aromatic heterocycles. The average Bonchev–Trinajstić information content (AvgIpc) is 1.88. The van der Waals surface area contributed by atoms with E-state index < -0.39 is 0 Å². The fourth-order valence-corrected chi connectivity index (χ4v) is 2.29. The van der Waals surface area contributed by atoms with Gasteiger partial charge in [-0.2, -0.15) is 0 Å². The highest BCUT2D eigenvalue weighted by Gasteiger charge is 2.10. The van der Waals surface area contributed by atoms with Gasteiger partial charge in [0.2, 0.25) is 0 Å². The molecule has 0 nitrogen and oxygen atoms in total. The standard InChI is InChI=1S/C8H14S/c1-3-8-6-4-5-7(2)9-8/h5,8H,3-4,6H2,1-2H3. The van der Waals surface area contributed by atoms with Gasteiger partial charge in [0.05, 0.1) is 0 Å². The Labute approximate surface area is 61.7 Å². The molecule has 0 aliphatic carbocycles. The van der Waals surface area contributed by atoms with E-state index in [1.807, 2.05) is 11.8 Å². The third-order valence-electron chi connectivity index (χ3n) is 1.73. The molecule has 0 aromatic rings. The molecular formula is C8H14S. The Kier molecular flexibility index (Phi) is 2.65. The van der Waals surface area contributed by atoms with E-state index in [-0.39, 0.29) is 0 Å². The summed E-state index contributed by atoms with van der Waals surface area (Å²) in [5.41, 5.74) is 0. The van der Waals surface area contributed by atoms with E-state index in [1.165, 1.54) is 24.2 Å². The number of rotatable bonds is 1. The van der Waals surface area contributed by atoms with Gasteiger partial charge in [-0.1, -0.05) is 13.0 Å². The van der Waals surface area contributed by atoms with Crippen molar-refractivity contribution in [3.63, 3.8) is 0 Å². The first-order valence-electron chi connectivity index (χ1n) is 3.66. The lowest BCUT2D eigenvalue weighted by molar-refractivity contribution is 0.741. The van der Waals surface area contributed by atoms with Gasteiger partial charge in [0, 0.05) is 5.25 Å². The number of thioether (sulfide) groups is 1. The van der Waals surface area contributed by atoms with E-state index in [0.717, 1.165) is 5.25 Å². The van der Waals surface area contributed by atoms with Crippen LogP contribution in [0.4, 0.5) is 0 Å². The van der Waals surface area contributed by atoms with Crippen LogP contribution in [0.25, 0.3) is 0 Å². The molecule has 1 heterocycles. The van der Waals surface area contributed by atoms with E-state index in [9.17, 15) is 0 Å². The zero-order chi connectivity index (χ0) is 6.69. The predicted molar refractivity (Wildman–Crippen MR) is 44.7 cm³/mol. The molecule has 1 rings (SSSR count). The highest BCUT2D eigenvalue weighted by Crippen LogP contribution is 2.31. The Bertz CT molecular complexity index is 116. The van der Waals surface area contributed by atoms with Crippen LogP contribution in [0.15, 0.2) is 11.0 Å². The summed E-state index contributed by atoms with van der Waals surface area (Å²) in [6.45, 7) is 4.49. The third kappa shape index (κ3) is 2.05. The topological polar surface area (TPSA) is 0 Å². The molecule has 0 saturated carbocycles. The van der Waals surface area contributed by atoms with Crippen molar-refractivity contribution in [3.05, 3.63) is 11.0 Å². The van der Waals surface area contributed by atoms with E-state index in [1.54, 1.807) is 0 Å². The molecule has 0 spiro atoms. The molecule has 0 saturated heterocycles. The van der Waals surface area contributed by atoms with Gasteiger partial charge in [-0.15, -0.1) is 11.8 Å². The van der Waals surface area contributed by atoms with Gasteiger partial charge in [0.15, 0.2) is 0 Å². The fourth-order valence-electron chi connectivity index (χ4n) is 1.13. The molecule has 52 valence electrons. The van der Waals surface area contributed by atoms with Crippen molar-refractivity contribution in [2.75, 3.05) is 0 Å². The monoisotopic (exact) mass is 142 g/mol. The Morgan fingerprint density at radius 1 is 1.78 bits per heavy atom. The second kappa shape index (κ2) is 3.31. The summed E-state index contributed by atoms with van der Waals surface area (Å²) < 4.78 is 0. The zero-order valence-corrected chi connectivity index (χ0v) is 7.00. The molecule has 0 bridgehead atoms. The first kappa shape index (κ1) is 7.20. The lowest BCUT2D eigenvalue weighted by Gasteiger charge is -2.17. The van der Waals surface area contributed by atoms with Crippen molar-refractivity contribution in [2.24, 2.45) is 0 Å². The second-order valence-corrected chi connectivity index (χ2v) is 4.09. The summed E-state index contributed by atoms with van der Waals surface area (Å²) >= 11 is 2.05. The SMILES string of the molecule is CCC1CCC=C(C)S1. The molecule has 1 unspecified atom stereocenters. The van der Waals surface area contributed by atoms with Gasteiger partial charge in [-0.3, -0.25) is 0 Å². The molecule has 0 N–H and O–H groups in total. The van der Waals surface area contributed by atoms with Crippen LogP contribution in [0.2, 0.25) is 0 Å². The highest BCUT2D eigenvalue weighted by molar-refractivity contribution is 8.03. The Hall–Kier alpha value is 0.0900. The Balaban J connectivity index is 2.39. The minimum atomic E-state index is 0.912. The van der Waals surface area contributed by atoms with Crippen molar-refractivity contribution >= 4 is 11.8 Å². The van der Waals surface area contributed by atoms with Crippen molar-refractivity contribution in [3.8, 4) is 0 Å². The molecule has 1 aliphatic heterocycles. The van der Waals surface area contributed by atoms with Crippen molar-refractivity contribution in [1.82, 2.24) is 0 Å². The van der Waals surface area contributed by atoms with Crippen LogP contribution in [0.5, 0.6) is 0 Å². The van der Waals surface area contributed by atoms with Gasteiger partial charge in [-0.25, -0.2) is 0 Å². The summed E-state index contributed by atoms with van der Waals surface area (Å²) in [6.07, 6.45) is 6.36. The van der Waals surface area contributed by atoms with Crippen LogP contribution in [-0.2, 0) is 0 Å². The lowest BCUT2D eigenvalue weighted by atomic mass is 10.2. The van der Waals surface area contributed by atoms with Crippen LogP contribution in [0, 0.1) is 0 Å². The summed E-state index contributed by atoms with van der Waals surface area (Å²) in [7, 11) is 0. The van der Waals surface area contributed by atoms with Crippen LogP contribution < -0.4 is 0 Å². The molecule has 0 radical (unpaired) electrons. The van der Waals surface area contributed by atoms with Crippen LogP contribution in [-0.4, -0.2) is 5.25 Å². The third-order valence-corrected chi connectivity index (χ3v) is 3.17. The summed E-state index contributed by atoms with van der Waals surface area (Å²) in [5.74, 6) is 0. The number of hydrogen-bond donors (Lipinski definition) is 0. The zero-order valence-electron chi connectivity index (χ0n) is 6.18. The molecule has 1 aliphatic rings. The van der Waals surface area contributed by atoms with Gasteiger partial charge in [0.1, 0.15) is 0 Å². The molecule has 0 fully saturated rings. The summed E-state index contributed by atoms with van der Waals surface area (Å²) in [5, 5.41) is 0.912. The van der Waals surface area contributed by atoms with Crippen LogP contribution in [0.3, 0.4) is 0 Å². The molecule has 0 aromatic carbocycles. The summed E-state index contributed by atoms with van der Waals surface area (Å²) in [4.78, 5) is 1.52.